The summed E-state index contributed by atoms with van der Waals surface area (Å²) in [4.78, 5) is 31.5. The number of Topliss-reactive ketones (excluding diaryl/α,β-unsaturated/α-hetero) is 1. The van der Waals surface area contributed by atoms with Crippen molar-refractivity contribution in [3.05, 3.63) is 62.5 Å². The number of carbonyl (C=O) groups is 2. The Kier molecular flexibility index (Phi) is 5.51. The Labute approximate surface area is 164 Å². The van der Waals surface area contributed by atoms with Gasteiger partial charge in [-0.05, 0) is 12.0 Å². The third-order valence-corrected chi connectivity index (χ3v) is 5.17. The van der Waals surface area contributed by atoms with Gasteiger partial charge in [0.05, 0.1) is 15.1 Å². The average molecular weight is 412 g/mol. The number of H-pyrrole nitrogens is 1. The van der Waals surface area contributed by atoms with Crippen LogP contribution in [0.15, 0.2) is 30.6 Å². The van der Waals surface area contributed by atoms with Crippen molar-refractivity contribution in [2.75, 3.05) is 6.61 Å². The van der Waals surface area contributed by atoms with Crippen molar-refractivity contribution in [1.29, 1.82) is 0 Å². The number of hydrogen-bond donors (Lipinski definition) is 1. The number of aromatic amines is 1. The van der Waals surface area contributed by atoms with Crippen LogP contribution in [0.2, 0.25) is 15.1 Å². The van der Waals surface area contributed by atoms with Gasteiger partial charge in [-0.2, -0.15) is 0 Å². The Balaban J connectivity index is 1.77. The second kappa shape index (κ2) is 7.66. The fraction of sp³-hybridized carbons (Fsp3) is 0.167. The topological polar surface area (TPSA) is 72.1 Å². The molecule has 8 heteroatoms. The second-order valence-corrected chi connectivity index (χ2v) is 6.64. The predicted molar refractivity (Wildman–Crippen MR) is 102 cm³/mol. The summed E-state index contributed by atoms with van der Waals surface area (Å²) in [5.74, 6) is -1.19. The molecule has 0 fully saturated rings. The van der Waals surface area contributed by atoms with E-state index >= 15 is 0 Å². The molecule has 0 aliphatic rings. The lowest BCUT2D eigenvalue weighted by atomic mass is 10.1. The normalized spacial score (nSPS) is 10.9. The minimum absolute atomic E-state index is 0.00494. The number of benzene rings is 1. The number of rotatable bonds is 5. The second-order valence-electron chi connectivity index (χ2n) is 5.48. The standard InChI is InChI=1S/C18H13Cl3N2O3/c1-2-9-4-3-5-10-11(6-22-16(9)10)13(24)8-26-18(25)17-15(21)14(20)12(19)7-23-17/h3-7,22H,2,8H2,1H3. The zero-order valence-electron chi connectivity index (χ0n) is 13.6. The van der Waals surface area contributed by atoms with Crippen molar-refractivity contribution in [3.63, 3.8) is 0 Å². The van der Waals surface area contributed by atoms with E-state index in [4.69, 9.17) is 39.5 Å². The average Bonchev–Trinajstić information content (AvgIpc) is 3.08. The molecule has 0 saturated carbocycles. The molecular formula is C18H13Cl3N2O3. The molecule has 3 rings (SSSR count). The summed E-state index contributed by atoms with van der Waals surface area (Å²) >= 11 is 17.6. The summed E-state index contributed by atoms with van der Waals surface area (Å²) < 4.78 is 5.04. The number of aromatic nitrogens is 2. The molecule has 134 valence electrons. The van der Waals surface area contributed by atoms with E-state index in [1.807, 2.05) is 25.1 Å². The highest BCUT2D eigenvalue weighted by Crippen LogP contribution is 2.31. The maximum atomic E-state index is 12.5. The van der Waals surface area contributed by atoms with Crippen LogP contribution in [0, 0.1) is 0 Å². The fourth-order valence-corrected chi connectivity index (χ4v) is 3.16. The summed E-state index contributed by atoms with van der Waals surface area (Å²) in [6, 6.07) is 5.72. The first kappa shape index (κ1) is 18.7. The maximum Gasteiger partial charge on any atom is 0.358 e. The predicted octanol–water partition coefficient (Wildman–Crippen LogP) is 5.13. The summed E-state index contributed by atoms with van der Waals surface area (Å²) in [6.07, 6.45) is 3.65. The first-order valence-electron chi connectivity index (χ1n) is 7.72. The number of para-hydroxylation sites is 1. The molecule has 0 bridgehead atoms. The van der Waals surface area contributed by atoms with E-state index in [0.717, 1.165) is 22.9 Å². The largest absolute Gasteiger partial charge is 0.453 e. The number of hydrogen-bond acceptors (Lipinski definition) is 4. The van der Waals surface area contributed by atoms with Crippen LogP contribution in [0.4, 0.5) is 0 Å². The van der Waals surface area contributed by atoms with E-state index < -0.39 is 12.6 Å². The van der Waals surface area contributed by atoms with E-state index in [9.17, 15) is 9.59 Å². The van der Waals surface area contributed by atoms with Gasteiger partial charge in [-0.1, -0.05) is 59.9 Å². The van der Waals surface area contributed by atoms with Gasteiger partial charge in [-0.25, -0.2) is 9.78 Å². The molecule has 1 aromatic carbocycles. The number of esters is 1. The van der Waals surface area contributed by atoms with E-state index in [2.05, 4.69) is 9.97 Å². The van der Waals surface area contributed by atoms with Gasteiger partial charge in [-0.15, -0.1) is 0 Å². The van der Waals surface area contributed by atoms with Gasteiger partial charge in [0, 0.05) is 28.9 Å². The molecule has 0 amide bonds. The van der Waals surface area contributed by atoms with Crippen LogP contribution >= 0.6 is 34.8 Å². The van der Waals surface area contributed by atoms with Crippen molar-refractivity contribution < 1.29 is 14.3 Å². The molecule has 0 unspecified atom stereocenters. The van der Waals surface area contributed by atoms with Crippen LogP contribution in [0.5, 0.6) is 0 Å². The van der Waals surface area contributed by atoms with E-state index in [1.165, 1.54) is 6.20 Å². The number of aryl methyl sites for hydroxylation is 1. The smallest absolute Gasteiger partial charge is 0.358 e. The Hall–Kier alpha value is -2.08. The van der Waals surface area contributed by atoms with Gasteiger partial charge in [0.15, 0.2) is 12.3 Å². The monoisotopic (exact) mass is 410 g/mol. The van der Waals surface area contributed by atoms with Crippen molar-refractivity contribution in [1.82, 2.24) is 9.97 Å². The highest BCUT2D eigenvalue weighted by molar-refractivity contribution is 6.48. The molecule has 5 nitrogen and oxygen atoms in total. The first-order chi connectivity index (χ1) is 12.4. The van der Waals surface area contributed by atoms with Crippen LogP contribution in [-0.2, 0) is 11.2 Å². The molecule has 26 heavy (non-hydrogen) atoms. The number of nitrogens with zero attached hydrogens (tertiary/aromatic N) is 1. The minimum atomic E-state index is -0.851. The van der Waals surface area contributed by atoms with Crippen LogP contribution in [0.25, 0.3) is 10.9 Å². The van der Waals surface area contributed by atoms with E-state index in [-0.39, 0.29) is 26.5 Å². The molecule has 0 atom stereocenters. The number of ketones is 1. The first-order valence-corrected chi connectivity index (χ1v) is 8.86. The zero-order valence-corrected chi connectivity index (χ0v) is 15.9. The highest BCUT2D eigenvalue weighted by atomic mass is 35.5. The Morgan fingerprint density at radius 3 is 2.69 bits per heavy atom. The number of halogens is 3. The van der Waals surface area contributed by atoms with Gasteiger partial charge in [-0.3, -0.25) is 4.79 Å². The van der Waals surface area contributed by atoms with Gasteiger partial charge >= 0.3 is 5.97 Å². The van der Waals surface area contributed by atoms with Crippen LogP contribution in [0.3, 0.4) is 0 Å². The number of pyridine rings is 1. The molecule has 2 heterocycles. The van der Waals surface area contributed by atoms with Crippen molar-refractivity contribution in [2.45, 2.75) is 13.3 Å². The lowest BCUT2D eigenvalue weighted by Gasteiger charge is -2.06. The number of ether oxygens (including phenoxy) is 1. The van der Waals surface area contributed by atoms with E-state index in [0.29, 0.717) is 5.56 Å². The summed E-state index contributed by atoms with van der Waals surface area (Å²) in [5, 5.41) is 0.799. The molecule has 0 spiro atoms. The minimum Gasteiger partial charge on any atom is -0.453 e. The SMILES string of the molecule is CCc1cccc2c(C(=O)COC(=O)c3ncc(Cl)c(Cl)c3Cl)c[nH]c12. The van der Waals surface area contributed by atoms with Crippen LogP contribution in [0.1, 0.15) is 33.3 Å². The third kappa shape index (κ3) is 3.43. The number of carbonyl (C=O) groups excluding carboxylic acids is 2. The number of fused-ring (bicyclic) bond motifs is 1. The highest BCUT2D eigenvalue weighted by Gasteiger charge is 2.21. The zero-order chi connectivity index (χ0) is 18.8. The molecule has 3 aromatic rings. The molecule has 0 aliphatic carbocycles. The molecule has 0 radical (unpaired) electrons. The van der Waals surface area contributed by atoms with Crippen molar-refractivity contribution in [2.24, 2.45) is 0 Å². The summed E-state index contributed by atoms with van der Waals surface area (Å²) in [7, 11) is 0. The fourth-order valence-electron chi connectivity index (χ4n) is 2.61. The number of nitrogens with one attached hydrogen (secondary N) is 1. The summed E-state index contributed by atoms with van der Waals surface area (Å²) in [5.41, 5.74) is 2.27. The Morgan fingerprint density at radius 1 is 1.19 bits per heavy atom. The summed E-state index contributed by atoms with van der Waals surface area (Å²) in [6.45, 7) is 1.59. The van der Waals surface area contributed by atoms with Crippen molar-refractivity contribution in [3.8, 4) is 0 Å². The van der Waals surface area contributed by atoms with Gasteiger partial charge in [0.1, 0.15) is 0 Å². The van der Waals surface area contributed by atoms with Crippen LogP contribution < -0.4 is 0 Å². The lowest BCUT2D eigenvalue weighted by molar-refractivity contribution is 0.0469. The maximum absolute atomic E-state index is 12.5. The van der Waals surface area contributed by atoms with Gasteiger partial charge < -0.3 is 9.72 Å². The Bertz CT molecular complexity index is 1010. The lowest BCUT2D eigenvalue weighted by Crippen LogP contribution is -2.15. The molecule has 2 aromatic heterocycles. The van der Waals surface area contributed by atoms with Gasteiger partial charge in [0.2, 0.25) is 5.78 Å². The quantitative estimate of drug-likeness (QED) is 0.467. The Morgan fingerprint density at radius 2 is 1.96 bits per heavy atom. The molecule has 1 N–H and O–H groups in total. The molecular weight excluding hydrogens is 399 g/mol. The van der Waals surface area contributed by atoms with Crippen molar-refractivity contribution >= 4 is 57.5 Å². The van der Waals surface area contributed by atoms with Crippen LogP contribution in [-0.4, -0.2) is 28.3 Å². The third-order valence-electron chi connectivity index (χ3n) is 3.93. The van der Waals surface area contributed by atoms with E-state index in [1.54, 1.807) is 6.20 Å². The molecule has 0 aliphatic heterocycles. The van der Waals surface area contributed by atoms with Gasteiger partial charge in [0.25, 0.3) is 0 Å². The molecule has 0 saturated heterocycles.